The van der Waals surface area contributed by atoms with Gasteiger partial charge < -0.3 is 19.8 Å². The molecule has 1 aromatic heterocycles. The molecule has 0 saturated heterocycles. The van der Waals surface area contributed by atoms with Crippen molar-refractivity contribution in [3.05, 3.63) is 5.89 Å². The van der Waals surface area contributed by atoms with Crippen LogP contribution in [0.4, 0.5) is 6.01 Å². The van der Waals surface area contributed by atoms with Crippen LogP contribution >= 0.6 is 0 Å². The maximum absolute atomic E-state index is 5.51. The van der Waals surface area contributed by atoms with E-state index in [4.69, 9.17) is 9.15 Å². The van der Waals surface area contributed by atoms with Gasteiger partial charge in [0, 0.05) is 7.11 Å². The summed E-state index contributed by atoms with van der Waals surface area (Å²) in [5.41, 5.74) is 0. The van der Waals surface area contributed by atoms with E-state index in [1.807, 2.05) is 14.0 Å². The van der Waals surface area contributed by atoms with Gasteiger partial charge in [0.2, 0.25) is 5.89 Å². The van der Waals surface area contributed by atoms with Crippen LogP contribution in [0.3, 0.4) is 0 Å². The quantitative estimate of drug-likeness (QED) is 0.753. The number of rotatable bonds is 7. The minimum Gasteiger partial charge on any atom is -0.406 e. The molecule has 0 aliphatic carbocycles. The van der Waals surface area contributed by atoms with Crippen LogP contribution in [0.25, 0.3) is 0 Å². The summed E-state index contributed by atoms with van der Waals surface area (Å²) in [4.78, 5) is 0. The molecule has 2 atom stereocenters. The number of anilines is 1. The average molecular weight is 242 g/mol. The fourth-order valence-corrected chi connectivity index (χ4v) is 1.33. The lowest BCUT2D eigenvalue weighted by Crippen LogP contribution is -2.30. The number of hydrogen-bond donors (Lipinski definition) is 2. The second kappa shape index (κ2) is 6.56. The fourth-order valence-electron chi connectivity index (χ4n) is 1.33. The van der Waals surface area contributed by atoms with Crippen LogP contribution in [0.15, 0.2) is 4.42 Å². The summed E-state index contributed by atoms with van der Waals surface area (Å²) < 4.78 is 10.7. The van der Waals surface area contributed by atoms with Crippen LogP contribution in [0.2, 0.25) is 0 Å². The third-order valence-corrected chi connectivity index (χ3v) is 2.70. The van der Waals surface area contributed by atoms with Crippen LogP contribution in [-0.2, 0) is 4.74 Å². The van der Waals surface area contributed by atoms with E-state index in [2.05, 4.69) is 34.7 Å². The zero-order chi connectivity index (χ0) is 12.8. The summed E-state index contributed by atoms with van der Waals surface area (Å²) in [5.74, 6) is 1.00. The Kier molecular flexibility index (Phi) is 5.37. The van der Waals surface area contributed by atoms with Gasteiger partial charge in [0.05, 0.1) is 18.7 Å². The number of methoxy groups -OCH3 is 1. The highest BCUT2D eigenvalue weighted by Gasteiger charge is 2.17. The molecule has 0 aromatic carbocycles. The molecule has 0 fully saturated rings. The molecule has 0 radical (unpaired) electrons. The average Bonchev–Trinajstić information content (AvgIpc) is 2.76. The van der Waals surface area contributed by atoms with Gasteiger partial charge in [-0.05, 0) is 19.9 Å². The highest BCUT2D eigenvalue weighted by molar-refractivity contribution is 5.20. The minimum atomic E-state index is 0.0537. The first kappa shape index (κ1) is 13.9. The molecule has 2 N–H and O–H groups in total. The first-order valence-electron chi connectivity index (χ1n) is 5.84. The molecular weight excluding hydrogens is 220 g/mol. The summed E-state index contributed by atoms with van der Waals surface area (Å²) in [5, 5.41) is 14.2. The Balaban J connectivity index is 2.63. The van der Waals surface area contributed by atoms with Gasteiger partial charge in [0.15, 0.2) is 0 Å². The zero-order valence-electron chi connectivity index (χ0n) is 11.2. The number of ether oxygens (including phenoxy) is 1. The number of nitrogens with zero attached hydrogens (tertiary/aromatic N) is 2. The molecule has 98 valence electrons. The van der Waals surface area contributed by atoms with Crippen molar-refractivity contribution >= 4 is 6.01 Å². The van der Waals surface area contributed by atoms with Crippen molar-refractivity contribution in [3.63, 3.8) is 0 Å². The molecule has 0 aliphatic rings. The molecule has 1 aromatic rings. The van der Waals surface area contributed by atoms with Crippen molar-refractivity contribution in [2.24, 2.45) is 5.92 Å². The summed E-state index contributed by atoms with van der Waals surface area (Å²) >= 11 is 0. The van der Waals surface area contributed by atoms with Gasteiger partial charge in [-0.2, -0.15) is 0 Å². The largest absolute Gasteiger partial charge is 0.406 e. The number of hydrogen-bond acceptors (Lipinski definition) is 6. The maximum atomic E-state index is 5.51. The molecule has 0 aliphatic heterocycles. The summed E-state index contributed by atoms with van der Waals surface area (Å²) in [6, 6.07) is 0.661. The van der Waals surface area contributed by atoms with E-state index in [1.165, 1.54) is 0 Å². The van der Waals surface area contributed by atoms with E-state index in [9.17, 15) is 0 Å². The second-order valence-electron chi connectivity index (χ2n) is 4.41. The molecular formula is C11H22N4O2. The zero-order valence-corrected chi connectivity index (χ0v) is 11.2. The Bertz CT molecular complexity index is 327. The van der Waals surface area contributed by atoms with E-state index in [-0.39, 0.29) is 12.1 Å². The molecule has 1 heterocycles. The van der Waals surface area contributed by atoms with E-state index in [1.54, 1.807) is 7.11 Å². The van der Waals surface area contributed by atoms with Gasteiger partial charge in [-0.25, -0.2) is 0 Å². The van der Waals surface area contributed by atoms with Crippen LogP contribution in [0.1, 0.15) is 32.7 Å². The van der Waals surface area contributed by atoms with E-state index in [0.29, 0.717) is 24.4 Å². The van der Waals surface area contributed by atoms with Gasteiger partial charge in [-0.3, -0.25) is 0 Å². The van der Waals surface area contributed by atoms with Crippen molar-refractivity contribution in [1.29, 1.82) is 0 Å². The van der Waals surface area contributed by atoms with Crippen LogP contribution in [0, 0.1) is 5.92 Å². The van der Waals surface area contributed by atoms with Gasteiger partial charge in [0.25, 0.3) is 0 Å². The minimum absolute atomic E-state index is 0.0537. The first-order valence-corrected chi connectivity index (χ1v) is 5.84. The van der Waals surface area contributed by atoms with Gasteiger partial charge in [-0.15, -0.1) is 5.10 Å². The predicted octanol–water partition coefficient (Wildman–Crippen LogP) is 1.43. The van der Waals surface area contributed by atoms with Crippen molar-refractivity contribution in [3.8, 4) is 0 Å². The number of aromatic nitrogens is 2. The Morgan fingerprint density at radius 3 is 2.53 bits per heavy atom. The lowest BCUT2D eigenvalue weighted by atomic mass is 10.1. The van der Waals surface area contributed by atoms with Gasteiger partial charge in [-0.1, -0.05) is 18.9 Å². The Labute approximate surface area is 102 Å². The van der Waals surface area contributed by atoms with Crippen molar-refractivity contribution in [2.45, 2.75) is 32.9 Å². The van der Waals surface area contributed by atoms with Crippen LogP contribution in [-0.4, -0.2) is 37.0 Å². The molecule has 0 amide bonds. The molecule has 17 heavy (non-hydrogen) atoms. The third-order valence-electron chi connectivity index (χ3n) is 2.70. The Morgan fingerprint density at radius 2 is 2.00 bits per heavy atom. The fraction of sp³-hybridized carbons (Fsp3) is 0.818. The normalized spacial score (nSPS) is 14.9. The number of nitrogens with one attached hydrogen (secondary N) is 2. The molecule has 6 nitrogen and oxygen atoms in total. The standard InChI is InChI=1S/C11H22N4O2/c1-7(2)9(6-16-5)13-11-15-14-10(17-11)8(3)12-4/h7-9,12H,6H2,1-5H3,(H,13,15). The van der Waals surface area contributed by atoms with Crippen molar-refractivity contribution < 1.29 is 9.15 Å². The SMILES string of the molecule is CNC(C)c1nnc(NC(COC)C(C)C)o1. The summed E-state index contributed by atoms with van der Waals surface area (Å²) in [7, 11) is 3.53. The van der Waals surface area contributed by atoms with E-state index in [0.717, 1.165) is 0 Å². The smallest absolute Gasteiger partial charge is 0.315 e. The van der Waals surface area contributed by atoms with Gasteiger partial charge >= 0.3 is 6.01 Å². The van der Waals surface area contributed by atoms with E-state index < -0.39 is 0 Å². The predicted molar refractivity (Wildman–Crippen MR) is 65.9 cm³/mol. The van der Waals surface area contributed by atoms with Gasteiger partial charge in [0.1, 0.15) is 0 Å². The first-order chi connectivity index (χ1) is 8.08. The lowest BCUT2D eigenvalue weighted by molar-refractivity contribution is 0.170. The van der Waals surface area contributed by atoms with E-state index >= 15 is 0 Å². The summed E-state index contributed by atoms with van der Waals surface area (Å²) in [6.45, 7) is 6.80. The highest BCUT2D eigenvalue weighted by atomic mass is 16.5. The lowest BCUT2D eigenvalue weighted by Gasteiger charge is -2.19. The molecule has 6 heteroatoms. The summed E-state index contributed by atoms with van der Waals surface area (Å²) in [6.07, 6.45) is 0. The molecule has 0 saturated carbocycles. The second-order valence-corrected chi connectivity index (χ2v) is 4.41. The topological polar surface area (TPSA) is 72.2 Å². The maximum Gasteiger partial charge on any atom is 0.315 e. The third kappa shape index (κ3) is 3.98. The van der Waals surface area contributed by atoms with Crippen LogP contribution in [0.5, 0.6) is 0 Å². The van der Waals surface area contributed by atoms with Crippen molar-refractivity contribution in [2.75, 3.05) is 26.1 Å². The molecule has 2 unspecified atom stereocenters. The Morgan fingerprint density at radius 1 is 1.29 bits per heavy atom. The Hall–Kier alpha value is -1.14. The highest BCUT2D eigenvalue weighted by Crippen LogP contribution is 2.15. The molecule has 1 rings (SSSR count). The van der Waals surface area contributed by atoms with Crippen LogP contribution < -0.4 is 10.6 Å². The molecule has 0 spiro atoms. The monoisotopic (exact) mass is 242 g/mol. The molecule has 0 bridgehead atoms. The van der Waals surface area contributed by atoms with Crippen molar-refractivity contribution in [1.82, 2.24) is 15.5 Å².